The molecular weight excluding hydrogens is 627 g/mol. The van der Waals surface area contributed by atoms with E-state index in [1.165, 1.54) is 11.1 Å². The summed E-state index contributed by atoms with van der Waals surface area (Å²) in [5.74, 6) is -2.55. The first-order chi connectivity index (χ1) is 21.6. The number of halogens is 5. The molecule has 1 spiro atoms. The molecule has 4 fully saturated rings. The van der Waals surface area contributed by atoms with Crippen LogP contribution in [0.4, 0.5) is 26.7 Å². The Balaban J connectivity index is 1.12. The average molecular weight is 675 g/mol. The van der Waals surface area contributed by atoms with Crippen LogP contribution in [-0.4, -0.2) is 90.1 Å². The van der Waals surface area contributed by atoms with E-state index in [1.807, 2.05) is 12.1 Å². The van der Waals surface area contributed by atoms with Crippen molar-refractivity contribution in [3.8, 4) is 5.75 Å². The van der Waals surface area contributed by atoms with Crippen molar-refractivity contribution in [3.05, 3.63) is 29.3 Å². The zero-order valence-corrected chi connectivity index (χ0v) is 27.9. The largest absolute Gasteiger partial charge is 0.453 e. The van der Waals surface area contributed by atoms with Gasteiger partial charge in [0.05, 0.1) is 6.10 Å². The molecule has 2 saturated heterocycles. The van der Waals surface area contributed by atoms with Gasteiger partial charge in [0.1, 0.15) is 5.75 Å². The molecule has 0 aromatic heterocycles. The van der Waals surface area contributed by atoms with Crippen molar-refractivity contribution in [2.24, 2.45) is 28.6 Å². The van der Waals surface area contributed by atoms with E-state index in [9.17, 15) is 31.0 Å². The molecule has 3 aliphatic carbocycles. The molecule has 1 unspecified atom stereocenters. The highest BCUT2D eigenvalue weighted by molar-refractivity contribution is 7.84. The van der Waals surface area contributed by atoms with E-state index in [0.717, 1.165) is 64.7 Å². The molecule has 2 aliphatic heterocycles. The van der Waals surface area contributed by atoms with Crippen LogP contribution in [0, 0.1) is 28.6 Å². The number of hydrogen-bond donors (Lipinski definition) is 0. The highest BCUT2D eigenvalue weighted by Gasteiger charge is 2.58. The van der Waals surface area contributed by atoms with Crippen LogP contribution in [0.5, 0.6) is 5.75 Å². The summed E-state index contributed by atoms with van der Waals surface area (Å²) in [6.45, 7) is 5.82. The molecule has 1 aromatic carbocycles. The molecule has 6 nitrogen and oxygen atoms in total. The minimum absolute atomic E-state index is 0.0809. The van der Waals surface area contributed by atoms with E-state index in [0.29, 0.717) is 35.8 Å². The number of rotatable bonds is 10. The maximum absolute atomic E-state index is 13.3. The van der Waals surface area contributed by atoms with Gasteiger partial charge in [-0.3, -0.25) is 4.21 Å². The van der Waals surface area contributed by atoms with Gasteiger partial charge in [-0.1, -0.05) is 13.0 Å². The number of ether oxygens (including phenoxy) is 2. The summed E-state index contributed by atoms with van der Waals surface area (Å²) in [6.07, 6.45) is -1.03. The normalized spacial score (nSPS) is 32.6. The lowest BCUT2D eigenvalue weighted by molar-refractivity contribution is -0.284. The fourth-order valence-corrected chi connectivity index (χ4v) is 11.2. The standard InChI is InChI=1S/C34H47F5N2O4S/c1-31-13-11-26-25-8-7-24(45-30(42)41-20-32(21-41)18-40(2)19-32)17-23(25)16-22(29(26)27(31)9-10-28(31)44-3)6-4-14-46(43)15-5-12-33(35,36)34(37,38)39/h7-8,17,22,26-29H,4-6,9-16,18-21H2,1-3H3/t22-,26-,27+,28+,29-,31+,46?/m1/s1. The topological polar surface area (TPSA) is 59.1 Å². The first kappa shape index (κ1) is 34.1. The molecule has 258 valence electrons. The molecule has 2 saturated carbocycles. The van der Waals surface area contributed by atoms with Crippen LogP contribution in [0.3, 0.4) is 0 Å². The van der Waals surface area contributed by atoms with Crippen LogP contribution < -0.4 is 4.74 Å². The second-order valence-electron chi connectivity index (χ2n) is 15.2. The van der Waals surface area contributed by atoms with Gasteiger partial charge in [0.25, 0.3) is 0 Å². The van der Waals surface area contributed by atoms with E-state index in [1.54, 1.807) is 12.0 Å². The minimum atomic E-state index is -5.58. The van der Waals surface area contributed by atoms with Gasteiger partial charge >= 0.3 is 18.2 Å². The van der Waals surface area contributed by atoms with Gasteiger partial charge < -0.3 is 19.3 Å². The number of nitrogens with zero attached hydrogens (tertiary/aromatic N) is 2. The van der Waals surface area contributed by atoms with Gasteiger partial charge in [0.15, 0.2) is 0 Å². The van der Waals surface area contributed by atoms with Gasteiger partial charge in [-0.25, -0.2) is 4.79 Å². The van der Waals surface area contributed by atoms with Crippen molar-refractivity contribution < 1.29 is 40.4 Å². The zero-order chi connectivity index (χ0) is 33.1. The second kappa shape index (κ2) is 12.6. The number of fused-ring (bicyclic) bond motifs is 5. The lowest BCUT2D eigenvalue weighted by Crippen LogP contribution is -2.72. The van der Waals surface area contributed by atoms with E-state index in [2.05, 4.69) is 24.9 Å². The SMILES string of the molecule is CO[C@H]1CC[C@H]2[C@@H]3[C@H](CCCS(=O)CCCC(F)(F)C(F)(F)F)Cc4cc(OC(=O)N5CC6(CN(C)C6)C5)ccc4[C@H]3CC[C@]12C. The Labute approximate surface area is 271 Å². The third-order valence-electron chi connectivity index (χ3n) is 12.0. The molecule has 0 N–H and O–H groups in total. The Morgan fingerprint density at radius 2 is 1.76 bits per heavy atom. The van der Waals surface area contributed by atoms with Gasteiger partial charge in [0.2, 0.25) is 0 Å². The van der Waals surface area contributed by atoms with Crippen molar-refractivity contribution in [2.45, 2.75) is 88.8 Å². The number of carbonyl (C=O) groups excluding carboxylic acids is 1. The Morgan fingerprint density at radius 3 is 2.43 bits per heavy atom. The number of amides is 1. The van der Waals surface area contributed by atoms with Crippen LogP contribution in [0.15, 0.2) is 18.2 Å². The van der Waals surface area contributed by atoms with E-state index in [4.69, 9.17) is 9.47 Å². The predicted octanol–water partition coefficient (Wildman–Crippen LogP) is 7.04. The summed E-state index contributed by atoms with van der Waals surface area (Å²) in [7, 11) is 2.42. The van der Waals surface area contributed by atoms with Crippen LogP contribution in [-0.2, 0) is 22.0 Å². The van der Waals surface area contributed by atoms with Crippen molar-refractivity contribution in [1.82, 2.24) is 9.80 Å². The Bertz CT molecular complexity index is 1310. The molecule has 46 heavy (non-hydrogen) atoms. The van der Waals surface area contributed by atoms with E-state index in [-0.39, 0.29) is 34.5 Å². The Hall–Kier alpha value is -1.79. The van der Waals surface area contributed by atoms with Gasteiger partial charge in [-0.2, -0.15) is 22.0 Å². The summed E-state index contributed by atoms with van der Waals surface area (Å²) in [4.78, 5) is 16.9. The zero-order valence-electron chi connectivity index (χ0n) is 27.1. The molecule has 1 amide bonds. The average Bonchev–Trinajstić information content (AvgIpc) is 3.29. The fraction of sp³-hybridized carbons (Fsp3) is 0.794. The summed E-state index contributed by atoms with van der Waals surface area (Å²) in [5, 5.41) is 0. The van der Waals surface area contributed by atoms with E-state index < -0.39 is 35.7 Å². The molecule has 6 rings (SSSR count). The number of likely N-dealkylation sites (tertiary alicyclic amines) is 2. The summed E-state index contributed by atoms with van der Waals surface area (Å²) in [5.41, 5.74) is 2.80. The minimum Gasteiger partial charge on any atom is -0.410 e. The first-order valence-electron chi connectivity index (χ1n) is 16.8. The van der Waals surface area contributed by atoms with E-state index >= 15 is 0 Å². The Kier molecular flexibility index (Phi) is 9.33. The predicted molar refractivity (Wildman–Crippen MR) is 166 cm³/mol. The van der Waals surface area contributed by atoms with Crippen molar-refractivity contribution >= 4 is 16.9 Å². The molecule has 12 heteroatoms. The summed E-state index contributed by atoms with van der Waals surface area (Å²) in [6, 6.07) is 6.08. The highest BCUT2D eigenvalue weighted by Crippen LogP contribution is 2.63. The van der Waals surface area contributed by atoms with Crippen molar-refractivity contribution in [3.63, 3.8) is 0 Å². The number of hydrogen-bond acceptors (Lipinski definition) is 5. The first-order valence-corrected chi connectivity index (χ1v) is 18.2. The maximum Gasteiger partial charge on any atom is 0.453 e. The second-order valence-corrected chi connectivity index (χ2v) is 16.8. The number of benzene rings is 1. The highest BCUT2D eigenvalue weighted by atomic mass is 32.2. The molecule has 2 heterocycles. The lowest BCUT2D eigenvalue weighted by Gasteiger charge is -2.58. The fourth-order valence-electron chi connectivity index (χ4n) is 10.0. The Morgan fingerprint density at radius 1 is 1.04 bits per heavy atom. The van der Waals surface area contributed by atoms with Crippen molar-refractivity contribution in [1.29, 1.82) is 0 Å². The molecule has 1 aromatic rings. The maximum atomic E-state index is 13.3. The van der Waals surface area contributed by atoms with Crippen LogP contribution in [0.25, 0.3) is 0 Å². The number of methoxy groups -OCH3 is 1. The van der Waals surface area contributed by atoms with Crippen molar-refractivity contribution in [2.75, 3.05) is 51.8 Å². The summed E-state index contributed by atoms with van der Waals surface area (Å²) >= 11 is 0. The van der Waals surface area contributed by atoms with Crippen LogP contribution in [0.2, 0.25) is 0 Å². The van der Waals surface area contributed by atoms with Gasteiger partial charge in [0, 0.05) is 67.4 Å². The lowest BCUT2D eigenvalue weighted by atomic mass is 9.52. The number of alkyl halides is 5. The third kappa shape index (κ3) is 6.35. The molecule has 0 radical (unpaired) electrons. The van der Waals surface area contributed by atoms with Gasteiger partial charge in [-0.15, -0.1) is 0 Å². The smallest absolute Gasteiger partial charge is 0.410 e. The van der Waals surface area contributed by atoms with Crippen LogP contribution >= 0.6 is 0 Å². The quantitative estimate of drug-likeness (QED) is 0.250. The molecule has 5 aliphatic rings. The third-order valence-corrected chi connectivity index (χ3v) is 13.5. The summed E-state index contributed by atoms with van der Waals surface area (Å²) < 4.78 is 88.6. The molecule has 0 bridgehead atoms. The van der Waals surface area contributed by atoms with Gasteiger partial charge in [-0.05, 0) is 111 Å². The molecule has 7 atom stereocenters. The van der Waals surface area contributed by atoms with Crippen LogP contribution in [0.1, 0.15) is 75.3 Å². The number of carbonyl (C=O) groups is 1. The monoisotopic (exact) mass is 674 g/mol. The molecular formula is C34H47F5N2O4S.